The Bertz CT molecular complexity index is 836. The maximum atomic E-state index is 12.7. The summed E-state index contributed by atoms with van der Waals surface area (Å²) in [4.78, 5) is 37.0. The first kappa shape index (κ1) is 21.2. The van der Waals surface area contributed by atoms with Crippen molar-refractivity contribution in [3.63, 3.8) is 0 Å². The molecule has 1 aromatic heterocycles. The van der Waals surface area contributed by atoms with E-state index in [1.807, 2.05) is 34.1 Å². The highest BCUT2D eigenvalue weighted by Gasteiger charge is 2.25. The summed E-state index contributed by atoms with van der Waals surface area (Å²) in [6, 6.07) is 7.98. The molecule has 162 valence electrons. The fourth-order valence-corrected chi connectivity index (χ4v) is 5.37. The van der Waals surface area contributed by atoms with E-state index in [0.29, 0.717) is 38.4 Å². The van der Waals surface area contributed by atoms with Crippen LogP contribution < -0.4 is 0 Å². The van der Waals surface area contributed by atoms with Gasteiger partial charge in [-0.1, -0.05) is 37.8 Å². The Labute approximate surface area is 182 Å². The number of imidazole rings is 1. The summed E-state index contributed by atoms with van der Waals surface area (Å²) in [7, 11) is 0. The second kappa shape index (κ2) is 9.86. The van der Waals surface area contributed by atoms with Gasteiger partial charge in [0.2, 0.25) is 11.8 Å². The van der Waals surface area contributed by atoms with E-state index in [9.17, 15) is 9.59 Å². The third kappa shape index (κ3) is 5.17. The zero-order valence-corrected chi connectivity index (χ0v) is 18.6. The fourth-order valence-electron chi connectivity index (χ4n) is 4.52. The van der Waals surface area contributed by atoms with Crippen molar-refractivity contribution in [2.24, 2.45) is 5.92 Å². The molecule has 6 nitrogen and oxygen atoms in total. The lowest BCUT2D eigenvalue weighted by Crippen LogP contribution is -2.51. The Morgan fingerprint density at radius 1 is 1.10 bits per heavy atom. The maximum absolute atomic E-state index is 12.7. The Morgan fingerprint density at radius 2 is 1.77 bits per heavy atom. The van der Waals surface area contributed by atoms with E-state index in [2.05, 4.69) is 16.9 Å². The van der Waals surface area contributed by atoms with Crippen LogP contribution in [0.1, 0.15) is 56.5 Å². The minimum atomic E-state index is 0.125. The summed E-state index contributed by atoms with van der Waals surface area (Å²) < 4.78 is 0. The average molecular weight is 429 g/mol. The second-order valence-corrected chi connectivity index (χ2v) is 9.87. The minimum Gasteiger partial charge on any atom is -0.341 e. The lowest BCUT2D eigenvalue weighted by molar-refractivity contribution is -0.138. The SMILES string of the molecule is CC(SCC(=O)N1CCN(C(=O)CCC2CCCC2)CC1)c1nc2ccccc2[nH]1. The summed E-state index contributed by atoms with van der Waals surface area (Å²) in [6.07, 6.45) is 6.94. The van der Waals surface area contributed by atoms with Crippen LogP contribution in [0.2, 0.25) is 0 Å². The molecule has 1 unspecified atom stereocenters. The summed E-state index contributed by atoms with van der Waals surface area (Å²) in [5.74, 6) is 2.52. The van der Waals surface area contributed by atoms with E-state index in [4.69, 9.17) is 0 Å². The molecule has 1 aromatic carbocycles. The molecule has 1 atom stereocenters. The average Bonchev–Trinajstić information content (AvgIpc) is 3.45. The Balaban J connectivity index is 1.19. The van der Waals surface area contributed by atoms with Gasteiger partial charge in [-0.2, -0.15) is 0 Å². The lowest BCUT2D eigenvalue weighted by atomic mass is 10.0. The molecule has 1 saturated carbocycles. The topological polar surface area (TPSA) is 69.3 Å². The Morgan fingerprint density at radius 3 is 2.47 bits per heavy atom. The number of rotatable bonds is 7. The minimum absolute atomic E-state index is 0.125. The number of benzene rings is 1. The predicted molar refractivity (Wildman–Crippen MR) is 121 cm³/mol. The van der Waals surface area contributed by atoms with Crippen molar-refractivity contribution >= 4 is 34.6 Å². The van der Waals surface area contributed by atoms with Gasteiger partial charge in [0.25, 0.3) is 0 Å². The van der Waals surface area contributed by atoms with Gasteiger partial charge in [0, 0.05) is 32.6 Å². The van der Waals surface area contributed by atoms with E-state index >= 15 is 0 Å². The predicted octanol–water partition coefficient (Wildman–Crippen LogP) is 4.00. The largest absolute Gasteiger partial charge is 0.341 e. The van der Waals surface area contributed by atoms with Gasteiger partial charge in [-0.05, 0) is 31.4 Å². The maximum Gasteiger partial charge on any atom is 0.232 e. The number of thioether (sulfide) groups is 1. The van der Waals surface area contributed by atoms with Gasteiger partial charge >= 0.3 is 0 Å². The summed E-state index contributed by atoms with van der Waals surface area (Å²) in [6.45, 7) is 4.70. The molecule has 0 bridgehead atoms. The molecule has 2 aliphatic rings. The first-order chi connectivity index (χ1) is 14.6. The van der Waals surface area contributed by atoms with Gasteiger partial charge in [-0.25, -0.2) is 4.98 Å². The molecule has 1 saturated heterocycles. The monoisotopic (exact) mass is 428 g/mol. The number of piperazine rings is 1. The number of aromatic nitrogens is 2. The first-order valence-corrected chi connectivity index (χ1v) is 12.3. The normalized spacial score (nSPS) is 18.8. The van der Waals surface area contributed by atoms with Crippen LogP contribution in [-0.4, -0.2) is 63.5 Å². The van der Waals surface area contributed by atoms with Crippen molar-refractivity contribution in [3.8, 4) is 0 Å². The van der Waals surface area contributed by atoms with E-state index in [1.54, 1.807) is 11.8 Å². The van der Waals surface area contributed by atoms with Gasteiger partial charge in [0.15, 0.2) is 0 Å². The number of fused-ring (bicyclic) bond motifs is 1. The number of para-hydroxylation sites is 2. The summed E-state index contributed by atoms with van der Waals surface area (Å²) in [5.41, 5.74) is 1.99. The molecule has 0 spiro atoms. The molecular weight excluding hydrogens is 396 g/mol. The summed E-state index contributed by atoms with van der Waals surface area (Å²) >= 11 is 1.61. The fraction of sp³-hybridized carbons (Fsp3) is 0.609. The molecule has 2 amide bonds. The molecular formula is C23H32N4O2S. The van der Waals surface area contributed by atoms with E-state index < -0.39 is 0 Å². The van der Waals surface area contributed by atoms with E-state index in [1.165, 1.54) is 25.7 Å². The standard InChI is InChI=1S/C23H32N4O2S/c1-17(23-24-19-8-4-5-9-20(19)25-23)30-16-22(29)27-14-12-26(13-15-27)21(28)11-10-18-6-2-3-7-18/h4-5,8-9,17-18H,2-3,6-7,10-16H2,1H3,(H,24,25). The third-order valence-corrected chi connectivity index (χ3v) is 7.61. The number of aromatic amines is 1. The molecule has 2 heterocycles. The molecule has 1 aliphatic carbocycles. The van der Waals surface area contributed by atoms with Crippen LogP contribution in [0.5, 0.6) is 0 Å². The highest BCUT2D eigenvalue weighted by atomic mass is 32.2. The van der Waals surface area contributed by atoms with Crippen molar-refractivity contribution in [2.45, 2.75) is 50.7 Å². The lowest BCUT2D eigenvalue weighted by Gasteiger charge is -2.35. The van der Waals surface area contributed by atoms with E-state index in [-0.39, 0.29) is 17.1 Å². The molecule has 1 aliphatic heterocycles. The number of nitrogens with one attached hydrogen (secondary N) is 1. The van der Waals surface area contributed by atoms with Crippen LogP contribution in [0.25, 0.3) is 11.0 Å². The van der Waals surface area contributed by atoms with Crippen molar-refractivity contribution in [2.75, 3.05) is 31.9 Å². The molecule has 2 aromatic rings. The first-order valence-electron chi connectivity index (χ1n) is 11.2. The van der Waals surface area contributed by atoms with Crippen molar-refractivity contribution in [1.29, 1.82) is 0 Å². The number of H-pyrrole nitrogens is 1. The van der Waals surface area contributed by atoms with Gasteiger partial charge in [0.1, 0.15) is 5.82 Å². The van der Waals surface area contributed by atoms with Crippen molar-refractivity contribution in [3.05, 3.63) is 30.1 Å². The van der Waals surface area contributed by atoms with Gasteiger partial charge < -0.3 is 14.8 Å². The second-order valence-electron chi connectivity index (χ2n) is 8.54. The van der Waals surface area contributed by atoms with Crippen LogP contribution in [0.4, 0.5) is 0 Å². The zero-order valence-electron chi connectivity index (χ0n) is 17.8. The number of carbonyl (C=O) groups is 2. The number of hydrogen-bond donors (Lipinski definition) is 1. The van der Waals surface area contributed by atoms with Gasteiger partial charge in [0.05, 0.1) is 22.0 Å². The van der Waals surface area contributed by atoms with Crippen LogP contribution in [-0.2, 0) is 9.59 Å². The van der Waals surface area contributed by atoms with Crippen LogP contribution >= 0.6 is 11.8 Å². The van der Waals surface area contributed by atoms with Gasteiger partial charge in [-0.3, -0.25) is 9.59 Å². The molecule has 2 fully saturated rings. The third-order valence-electron chi connectivity index (χ3n) is 6.48. The smallest absolute Gasteiger partial charge is 0.232 e. The molecule has 1 N–H and O–H groups in total. The van der Waals surface area contributed by atoms with E-state index in [0.717, 1.165) is 29.2 Å². The molecule has 7 heteroatoms. The van der Waals surface area contributed by atoms with Crippen LogP contribution in [0, 0.1) is 5.92 Å². The zero-order chi connectivity index (χ0) is 20.9. The Hall–Kier alpha value is -2.02. The number of nitrogens with zero attached hydrogens (tertiary/aromatic N) is 3. The highest BCUT2D eigenvalue weighted by Crippen LogP contribution is 2.29. The highest BCUT2D eigenvalue weighted by molar-refractivity contribution is 8.00. The summed E-state index contributed by atoms with van der Waals surface area (Å²) in [5, 5.41) is 0.125. The van der Waals surface area contributed by atoms with Crippen molar-refractivity contribution < 1.29 is 9.59 Å². The number of carbonyl (C=O) groups excluding carboxylic acids is 2. The van der Waals surface area contributed by atoms with Crippen LogP contribution in [0.15, 0.2) is 24.3 Å². The van der Waals surface area contributed by atoms with Gasteiger partial charge in [-0.15, -0.1) is 11.8 Å². The Kier molecular flexibility index (Phi) is 6.97. The van der Waals surface area contributed by atoms with Crippen LogP contribution in [0.3, 0.4) is 0 Å². The molecule has 4 rings (SSSR count). The molecule has 30 heavy (non-hydrogen) atoms. The van der Waals surface area contributed by atoms with Crippen molar-refractivity contribution in [1.82, 2.24) is 19.8 Å². The quantitative estimate of drug-likeness (QED) is 0.724. The number of hydrogen-bond acceptors (Lipinski definition) is 4. The molecule has 0 radical (unpaired) electrons. The number of amides is 2.